The topological polar surface area (TPSA) is 79.7 Å². The Morgan fingerprint density at radius 2 is 1.82 bits per heavy atom. The van der Waals surface area contributed by atoms with E-state index in [9.17, 15) is 9.59 Å². The van der Waals surface area contributed by atoms with E-state index in [4.69, 9.17) is 27.9 Å². The number of ether oxygens (including phenoxy) is 1. The fourth-order valence-electron chi connectivity index (χ4n) is 3.72. The van der Waals surface area contributed by atoms with Crippen LogP contribution in [-0.4, -0.2) is 60.4 Å². The maximum atomic E-state index is 12.8. The summed E-state index contributed by atoms with van der Waals surface area (Å²) >= 11 is 12.4. The molecule has 0 radical (unpaired) electrons. The number of hydrogen-bond acceptors (Lipinski definition) is 6. The van der Waals surface area contributed by atoms with Gasteiger partial charge in [0.2, 0.25) is 5.91 Å². The third-order valence-electron chi connectivity index (χ3n) is 5.42. The van der Waals surface area contributed by atoms with Crippen molar-refractivity contribution in [2.24, 2.45) is 0 Å². The summed E-state index contributed by atoms with van der Waals surface area (Å²) in [7, 11) is 1.54. The number of aromatic nitrogens is 2. The first-order chi connectivity index (χ1) is 16.0. The zero-order valence-corrected chi connectivity index (χ0v) is 19.5. The lowest BCUT2D eigenvalue weighted by Crippen LogP contribution is -2.49. The molecule has 172 valence electrons. The van der Waals surface area contributed by atoms with E-state index in [1.807, 2.05) is 28.0 Å². The molecular weight excluding hydrogens is 465 g/mol. The predicted octanol–water partition coefficient (Wildman–Crippen LogP) is 3.31. The summed E-state index contributed by atoms with van der Waals surface area (Å²) in [6, 6.07) is 14.2. The molecule has 1 amide bonds. The number of benzene rings is 2. The lowest BCUT2D eigenvalue weighted by molar-refractivity contribution is -0.117. The monoisotopic (exact) mass is 487 g/mol. The Morgan fingerprint density at radius 1 is 1.09 bits per heavy atom. The van der Waals surface area contributed by atoms with Crippen molar-refractivity contribution in [2.75, 3.05) is 50.1 Å². The van der Waals surface area contributed by atoms with Gasteiger partial charge in [-0.05, 0) is 30.3 Å². The number of piperazine rings is 1. The standard InChI is InChI=1S/C23H23Cl2N5O3/c1-33-20-8-7-16(24)13-18(20)27-21(31)15-28-9-11-29(12-10-28)19-14-26-30(23(32)22(19)25)17-5-3-2-4-6-17/h2-8,13-14H,9-12,15H2,1H3,(H,27,31). The van der Waals surface area contributed by atoms with Crippen LogP contribution in [0, 0.1) is 0 Å². The summed E-state index contributed by atoms with van der Waals surface area (Å²) in [5, 5.41) is 7.80. The zero-order valence-electron chi connectivity index (χ0n) is 18.0. The molecule has 1 N–H and O–H groups in total. The molecule has 0 bridgehead atoms. The Hall–Kier alpha value is -3.07. The molecule has 0 spiro atoms. The molecule has 2 aromatic carbocycles. The van der Waals surface area contributed by atoms with Crippen molar-refractivity contribution in [3.8, 4) is 11.4 Å². The first-order valence-corrected chi connectivity index (χ1v) is 11.2. The summed E-state index contributed by atoms with van der Waals surface area (Å²) in [6.45, 7) is 2.73. The molecule has 1 aliphatic rings. The Morgan fingerprint density at radius 3 is 2.52 bits per heavy atom. The summed E-state index contributed by atoms with van der Waals surface area (Å²) in [5.74, 6) is 0.388. The molecular formula is C23H23Cl2N5O3. The van der Waals surface area contributed by atoms with Gasteiger partial charge < -0.3 is 15.0 Å². The fraction of sp³-hybridized carbons (Fsp3) is 0.261. The van der Waals surface area contributed by atoms with Crippen LogP contribution in [-0.2, 0) is 4.79 Å². The predicted molar refractivity (Wildman–Crippen MR) is 130 cm³/mol. The number of carbonyl (C=O) groups is 1. The van der Waals surface area contributed by atoms with E-state index in [0.29, 0.717) is 54.0 Å². The van der Waals surface area contributed by atoms with E-state index >= 15 is 0 Å². The second-order valence-corrected chi connectivity index (χ2v) is 8.37. The van der Waals surface area contributed by atoms with Crippen molar-refractivity contribution in [1.29, 1.82) is 0 Å². The van der Waals surface area contributed by atoms with Gasteiger partial charge in [-0.15, -0.1) is 0 Å². The third-order valence-corrected chi connectivity index (χ3v) is 6.01. The minimum atomic E-state index is -0.363. The summed E-state index contributed by atoms with van der Waals surface area (Å²) in [6.07, 6.45) is 1.62. The normalized spacial score (nSPS) is 14.2. The van der Waals surface area contributed by atoms with Gasteiger partial charge in [0.1, 0.15) is 10.8 Å². The molecule has 3 aromatic rings. The Balaban J connectivity index is 1.37. The maximum Gasteiger partial charge on any atom is 0.292 e. The van der Waals surface area contributed by atoms with Crippen molar-refractivity contribution in [3.05, 3.63) is 75.1 Å². The average Bonchev–Trinajstić information content (AvgIpc) is 2.82. The quantitative estimate of drug-likeness (QED) is 0.574. The Bertz CT molecular complexity index is 1190. The molecule has 10 heteroatoms. The fourth-order valence-corrected chi connectivity index (χ4v) is 4.14. The van der Waals surface area contributed by atoms with Gasteiger partial charge in [0.05, 0.1) is 36.9 Å². The average molecular weight is 488 g/mol. The van der Waals surface area contributed by atoms with Crippen LogP contribution in [0.5, 0.6) is 5.75 Å². The molecule has 33 heavy (non-hydrogen) atoms. The van der Waals surface area contributed by atoms with Gasteiger partial charge in [-0.2, -0.15) is 9.78 Å². The number of anilines is 2. The van der Waals surface area contributed by atoms with Gasteiger partial charge in [-0.3, -0.25) is 14.5 Å². The molecule has 8 nitrogen and oxygen atoms in total. The van der Waals surface area contributed by atoms with Crippen molar-refractivity contribution in [1.82, 2.24) is 14.7 Å². The number of methoxy groups -OCH3 is 1. The van der Waals surface area contributed by atoms with E-state index in [1.54, 1.807) is 36.5 Å². The minimum absolute atomic E-state index is 0.132. The second-order valence-electron chi connectivity index (χ2n) is 7.55. The summed E-state index contributed by atoms with van der Waals surface area (Å²) < 4.78 is 6.56. The van der Waals surface area contributed by atoms with Crippen molar-refractivity contribution in [2.45, 2.75) is 0 Å². The lowest BCUT2D eigenvalue weighted by atomic mass is 10.2. The van der Waals surface area contributed by atoms with Gasteiger partial charge in [0.15, 0.2) is 0 Å². The summed E-state index contributed by atoms with van der Waals surface area (Å²) in [5.41, 5.74) is 1.42. The highest BCUT2D eigenvalue weighted by Crippen LogP contribution is 2.28. The minimum Gasteiger partial charge on any atom is -0.495 e. The first-order valence-electron chi connectivity index (χ1n) is 10.4. The van der Waals surface area contributed by atoms with Gasteiger partial charge in [-0.1, -0.05) is 41.4 Å². The van der Waals surface area contributed by atoms with Gasteiger partial charge in [0.25, 0.3) is 5.56 Å². The van der Waals surface area contributed by atoms with Crippen LogP contribution >= 0.6 is 23.2 Å². The second kappa shape index (κ2) is 10.2. The zero-order chi connectivity index (χ0) is 23.4. The molecule has 0 aliphatic carbocycles. The number of rotatable bonds is 6. The summed E-state index contributed by atoms with van der Waals surface area (Å²) in [4.78, 5) is 29.3. The third kappa shape index (κ3) is 5.30. The number of nitrogens with one attached hydrogen (secondary N) is 1. The van der Waals surface area contributed by atoms with E-state index in [0.717, 1.165) is 0 Å². The van der Waals surface area contributed by atoms with Crippen LogP contribution in [0.15, 0.2) is 59.5 Å². The van der Waals surface area contributed by atoms with Crippen molar-refractivity contribution >= 4 is 40.5 Å². The van der Waals surface area contributed by atoms with Gasteiger partial charge in [-0.25, -0.2) is 0 Å². The molecule has 1 aromatic heterocycles. The van der Waals surface area contributed by atoms with Crippen molar-refractivity contribution < 1.29 is 9.53 Å². The largest absolute Gasteiger partial charge is 0.495 e. The Kier molecular flexibility index (Phi) is 7.17. The highest BCUT2D eigenvalue weighted by Gasteiger charge is 2.23. The van der Waals surface area contributed by atoms with E-state index in [-0.39, 0.29) is 23.0 Å². The highest BCUT2D eigenvalue weighted by atomic mass is 35.5. The van der Waals surface area contributed by atoms with Crippen LogP contribution in [0.3, 0.4) is 0 Å². The molecule has 0 saturated carbocycles. The number of carbonyl (C=O) groups excluding carboxylic acids is 1. The Labute approximate surface area is 201 Å². The van der Waals surface area contributed by atoms with Gasteiger partial charge >= 0.3 is 0 Å². The van der Waals surface area contributed by atoms with E-state index in [1.165, 1.54) is 11.8 Å². The van der Waals surface area contributed by atoms with E-state index in [2.05, 4.69) is 10.4 Å². The SMILES string of the molecule is COc1ccc(Cl)cc1NC(=O)CN1CCN(c2cnn(-c3ccccc3)c(=O)c2Cl)CC1. The molecule has 1 aliphatic heterocycles. The van der Waals surface area contributed by atoms with Crippen LogP contribution in [0.1, 0.15) is 0 Å². The van der Waals surface area contributed by atoms with Gasteiger partial charge in [0, 0.05) is 31.2 Å². The van der Waals surface area contributed by atoms with E-state index < -0.39 is 0 Å². The van der Waals surface area contributed by atoms with Crippen LogP contribution in [0.25, 0.3) is 5.69 Å². The molecule has 0 atom stereocenters. The first kappa shape index (κ1) is 23.1. The maximum absolute atomic E-state index is 12.8. The lowest BCUT2D eigenvalue weighted by Gasteiger charge is -2.35. The van der Waals surface area contributed by atoms with Crippen LogP contribution < -0.4 is 20.5 Å². The highest BCUT2D eigenvalue weighted by molar-refractivity contribution is 6.33. The number of hydrogen-bond donors (Lipinski definition) is 1. The van der Waals surface area contributed by atoms with Crippen LogP contribution in [0.4, 0.5) is 11.4 Å². The molecule has 1 saturated heterocycles. The smallest absolute Gasteiger partial charge is 0.292 e. The number of halogens is 2. The van der Waals surface area contributed by atoms with Crippen molar-refractivity contribution in [3.63, 3.8) is 0 Å². The van der Waals surface area contributed by atoms with Crippen LogP contribution in [0.2, 0.25) is 10.0 Å². The molecule has 4 rings (SSSR count). The molecule has 1 fully saturated rings. The number of nitrogens with zero attached hydrogens (tertiary/aromatic N) is 4. The molecule has 2 heterocycles. The number of para-hydroxylation sites is 1. The number of amides is 1. The molecule has 0 unspecified atom stereocenters.